The lowest BCUT2D eigenvalue weighted by atomic mass is 10.0. The van der Waals surface area contributed by atoms with E-state index in [4.69, 9.17) is 22.3 Å². The van der Waals surface area contributed by atoms with E-state index in [-0.39, 0.29) is 45.8 Å². The Morgan fingerprint density at radius 2 is 1.86 bits per heavy atom. The van der Waals surface area contributed by atoms with Gasteiger partial charge in [-0.05, 0) is 56.4 Å². The zero-order valence-electron chi connectivity index (χ0n) is 24.9. The minimum absolute atomic E-state index is 0.0107. The molecule has 9 nitrogen and oxygen atoms in total. The molecule has 4 heterocycles. The Morgan fingerprint density at radius 1 is 1.16 bits per heavy atom. The highest BCUT2D eigenvalue weighted by molar-refractivity contribution is 7.98. The first-order valence-corrected chi connectivity index (χ1v) is 15.6. The van der Waals surface area contributed by atoms with Gasteiger partial charge in [-0.25, -0.2) is 23.1 Å². The van der Waals surface area contributed by atoms with Crippen LogP contribution in [0.4, 0.5) is 20.3 Å². The number of nitrogens with zero attached hydrogens (tertiary/aromatic N) is 6. The van der Waals surface area contributed by atoms with Crippen molar-refractivity contribution in [2.24, 2.45) is 0 Å². The van der Waals surface area contributed by atoms with Gasteiger partial charge in [0.2, 0.25) is 5.91 Å². The highest BCUT2D eigenvalue weighted by atomic mass is 35.5. The number of carbonyl (C=O) groups excluding carboxylic acids is 1. The van der Waals surface area contributed by atoms with Crippen LogP contribution in [0.1, 0.15) is 39.3 Å². The van der Waals surface area contributed by atoms with Crippen molar-refractivity contribution in [1.82, 2.24) is 24.4 Å². The Morgan fingerprint density at radius 3 is 2.52 bits per heavy atom. The highest BCUT2D eigenvalue weighted by Crippen LogP contribution is 2.39. The summed E-state index contributed by atoms with van der Waals surface area (Å²) in [5.74, 6) is -1.62. The van der Waals surface area contributed by atoms with E-state index in [1.807, 2.05) is 38.9 Å². The number of nitrogens with two attached hydrogens (primary N) is 1. The van der Waals surface area contributed by atoms with Crippen LogP contribution in [0.15, 0.2) is 52.8 Å². The zero-order valence-corrected chi connectivity index (χ0v) is 26.5. The maximum atomic E-state index is 15.2. The van der Waals surface area contributed by atoms with Crippen molar-refractivity contribution in [2.45, 2.75) is 50.6 Å². The monoisotopic (exact) mass is 639 g/mol. The van der Waals surface area contributed by atoms with Gasteiger partial charge in [0.25, 0.3) is 0 Å². The summed E-state index contributed by atoms with van der Waals surface area (Å²) < 4.78 is 31.1. The number of thioether (sulfide) groups is 1. The van der Waals surface area contributed by atoms with Crippen LogP contribution in [-0.2, 0) is 4.79 Å². The molecule has 4 aromatic rings. The molecular formula is C31H32ClF2N7O2S. The van der Waals surface area contributed by atoms with Crippen LogP contribution in [0.25, 0.3) is 28.0 Å². The number of amides is 1. The molecule has 230 valence electrons. The number of aromatic nitrogens is 4. The molecule has 0 unspecified atom stereocenters. The largest absolute Gasteiger partial charge is 0.396 e. The minimum atomic E-state index is -0.832. The third-order valence-electron chi connectivity index (χ3n) is 7.80. The smallest absolute Gasteiger partial charge is 0.355 e. The van der Waals surface area contributed by atoms with Gasteiger partial charge in [-0.3, -0.25) is 9.78 Å². The fourth-order valence-electron chi connectivity index (χ4n) is 5.62. The second-order valence-electron chi connectivity index (χ2n) is 11.0. The highest BCUT2D eigenvalue weighted by Gasteiger charge is 2.34. The van der Waals surface area contributed by atoms with Crippen LogP contribution < -0.4 is 16.3 Å². The summed E-state index contributed by atoms with van der Waals surface area (Å²) in [5.41, 5.74) is 5.69. The molecule has 0 saturated carbocycles. The predicted molar refractivity (Wildman–Crippen MR) is 172 cm³/mol. The quantitative estimate of drug-likeness (QED) is 0.160. The average molecular weight is 640 g/mol. The Labute approximate surface area is 262 Å². The van der Waals surface area contributed by atoms with E-state index in [1.54, 1.807) is 23.2 Å². The molecule has 0 spiro atoms. The SMILES string of the molecule is C=CC(=O)N1C[C@H](C)N(c2nc(=O)n(-c3c(SC)ccnc3C(C)C)c3nc(-c4c(F)ccc(F)c4N)c(Cl)cc23)C[C@H]1C. The number of piperazine rings is 1. The molecule has 0 aliphatic carbocycles. The summed E-state index contributed by atoms with van der Waals surface area (Å²) in [5, 5.41) is 0.394. The maximum absolute atomic E-state index is 15.2. The molecule has 13 heteroatoms. The molecule has 0 bridgehead atoms. The molecule has 1 aliphatic heterocycles. The Bertz CT molecular complexity index is 1870. The van der Waals surface area contributed by atoms with E-state index in [1.165, 1.54) is 22.4 Å². The van der Waals surface area contributed by atoms with Gasteiger partial charge < -0.3 is 15.5 Å². The van der Waals surface area contributed by atoms with E-state index in [2.05, 4.69) is 16.5 Å². The predicted octanol–water partition coefficient (Wildman–Crippen LogP) is 5.81. The number of nitrogen functional groups attached to an aromatic ring is 1. The average Bonchev–Trinajstić information content (AvgIpc) is 2.99. The van der Waals surface area contributed by atoms with Crippen molar-refractivity contribution in [3.8, 4) is 16.9 Å². The third kappa shape index (κ3) is 5.30. The topological polar surface area (TPSA) is 110 Å². The van der Waals surface area contributed by atoms with Crippen LogP contribution in [0, 0.1) is 11.6 Å². The van der Waals surface area contributed by atoms with E-state index in [0.717, 1.165) is 17.0 Å². The first kappa shape index (κ1) is 31.4. The van der Waals surface area contributed by atoms with Crippen molar-refractivity contribution in [2.75, 3.05) is 30.0 Å². The maximum Gasteiger partial charge on any atom is 0.355 e. The van der Waals surface area contributed by atoms with E-state index >= 15 is 4.39 Å². The van der Waals surface area contributed by atoms with Crippen molar-refractivity contribution in [3.63, 3.8) is 0 Å². The van der Waals surface area contributed by atoms with Crippen LogP contribution in [0.2, 0.25) is 5.02 Å². The number of pyridine rings is 2. The number of fused-ring (bicyclic) bond motifs is 1. The van der Waals surface area contributed by atoms with Crippen molar-refractivity contribution < 1.29 is 13.6 Å². The number of benzene rings is 1. The van der Waals surface area contributed by atoms with Crippen LogP contribution in [-0.4, -0.2) is 61.8 Å². The fraction of sp³-hybridized carbons (Fsp3) is 0.323. The Hall–Kier alpha value is -4.03. The molecule has 1 fully saturated rings. The lowest BCUT2D eigenvalue weighted by Gasteiger charge is -2.44. The van der Waals surface area contributed by atoms with E-state index < -0.39 is 23.0 Å². The molecule has 1 saturated heterocycles. The zero-order chi connectivity index (χ0) is 32.0. The van der Waals surface area contributed by atoms with E-state index in [9.17, 15) is 14.0 Å². The summed E-state index contributed by atoms with van der Waals surface area (Å²) >= 11 is 8.17. The summed E-state index contributed by atoms with van der Waals surface area (Å²) in [6.07, 6.45) is 4.83. The second-order valence-corrected chi connectivity index (χ2v) is 12.3. The number of rotatable bonds is 6. The Kier molecular flexibility index (Phi) is 8.68. The molecular weight excluding hydrogens is 608 g/mol. The first-order valence-electron chi connectivity index (χ1n) is 14.0. The van der Waals surface area contributed by atoms with Gasteiger partial charge in [0, 0.05) is 36.3 Å². The second kappa shape index (κ2) is 12.2. The standard InChI is InChI=1S/C31H32ClF2N7O2S/c1-7-23(42)39-13-17(5)40(14-16(39)4)29-18-12-19(32)27(24-20(33)8-9-21(34)25(24)35)37-30(18)41(31(43)38-29)28-22(44-6)10-11-36-26(28)15(2)3/h7-12,15-17H,1,13-14,35H2,2-6H3/t16-,17+/m1/s1. The van der Waals surface area contributed by atoms with Gasteiger partial charge in [-0.1, -0.05) is 32.0 Å². The lowest BCUT2D eigenvalue weighted by Crippen LogP contribution is -2.58. The molecule has 1 amide bonds. The van der Waals surface area contributed by atoms with Gasteiger partial charge in [0.15, 0.2) is 5.65 Å². The summed E-state index contributed by atoms with van der Waals surface area (Å²) in [6.45, 7) is 12.1. The summed E-state index contributed by atoms with van der Waals surface area (Å²) in [4.78, 5) is 44.9. The van der Waals surface area contributed by atoms with Crippen LogP contribution in [0.5, 0.6) is 0 Å². The van der Waals surface area contributed by atoms with Gasteiger partial charge in [-0.2, -0.15) is 4.98 Å². The van der Waals surface area contributed by atoms with Crippen LogP contribution >= 0.6 is 23.4 Å². The van der Waals surface area contributed by atoms with Gasteiger partial charge in [0.05, 0.1) is 38.7 Å². The van der Waals surface area contributed by atoms with Gasteiger partial charge >= 0.3 is 5.69 Å². The minimum Gasteiger partial charge on any atom is -0.396 e. The van der Waals surface area contributed by atoms with Crippen LogP contribution in [0.3, 0.4) is 0 Å². The molecule has 2 atom stereocenters. The van der Waals surface area contributed by atoms with Crippen molar-refractivity contribution >= 4 is 51.8 Å². The molecule has 0 radical (unpaired) electrons. The third-order valence-corrected chi connectivity index (χ3v) is 8.86. The molecule has 1 aliphatic rings. The summed E-state index contributed by atoms with van der Waals surface area (Å²) in [7, 11) is 0. The van der Waals surface area contributed by atoms with Gasteiger partial charge in [0.1, 0.15) is 17.5 Å². The molecule has 5 rings (SSSR count). The van der Waals surface area contributed by atoms with E-state index in [0.29, 0.717) is 35.7 Å². The van der Waals surface area contributed by atoms with Crippen molar-refractivity contribution in [1.29, 1.82) is 0 Å². The normalized spacial score (nSPS) is 17.0. The number of carbonyl (C=O) groups is 1. The lowest BCUT2D eigenvalue weighted by molar-refractivity contribution is -0.128. The Balaban J connectivity index is 1.87. The number of hydrogen-bond acceptors (Lipinski definition) is 8. The molecule has 44 heavy (non-hydrogen) atoms. The van der Waals surface area contributed by atoms with Crippen molar-refractivity contribution in [3.05, 3.63) is 76.0 Å². The molecule has 3 aromatic heterocycles. The number of anilines is 2. The molecule has 1 aromatic carbocycles. The summed E-state index contributed by atoms with van der Waals surface area (Å²) in [6, 6.07) is 4.74. The number of hydrogen-bond donors (Lipinski definition) is 1. The first-order chi connectivity index (χ1) is 20.9. The molecule has 2 N–H and O–H groups in total. The fourth-order valence-corrected chi connectivity index (χ4v) is 6.45. The van der Waals surface area contributed by atoms with Gasteiger partial charge in [-0.15, -0.1) is 11.8 Å². The number of halogens is 3.